The van der Waals surface area contributed by atoms with E-state index in [-0.39, 0.29) is 11.8 Å². The largest absolute Gasteiger partial charge is 0.330 e. The summed E-state index contributed by atoms with van der Waals surface area (Å²) in [7, 11) is 0. The molecule has 1 amide bonds. The Hall–Kier alpha value is -1.49. The second kappa shape index (κ2) is 7.06. The third kappa shape index (κ3) is 5.23. The van der Waals surface area contributed by atoms with Crippen LogP contribution in [0.2, 0.25) is 0 Å². The highest BCUT2D eigenvalue weighted by Gasteiger charge is 2.14. The molecule has 0 saturated carbocycles. The lowest BCUT2D eigenvalue weighted by Gasteiger charge is -2.16. The molecule has 4 nitrogen and oxygen atoms in total. The van der Waals surface area contributed by atoms with Crippen LogP contribution in [0.5, 0.6) is 0 Å². The Balaban J connectivity index is 2.47. The van der Waals surface area contributed by atoms with Crippen molar-refractivity contribution < 1.29 is 9.18 Å². The van der Waals surface area contributed by atoms with Crippen molar-refractivity contribution in [3.63, 3.8) is 0 Å². The first-order valence-electron chi connectivity index (χ1n) is 6.12. The lowest BCUT2D eigenvalue weighted by Crippen LogP contribution is -2.23. The van der Waals surface area contributed by atoms with Gasteiger partial charge >= 0.3 is 0 Å². The summed E-state index contributed by atoms with van der Waals surface area (Å²) in [4.78, 5) is 15.5. The Bertz CT molecular complexity index is 378. The van der Waals surface area contributed by atoms with Crippen LogP contribution in [0.4, 0.5) is 10.2 Å². The molecule has 0 fully saturated rings. The summed E-state index contributed by atoms with van der Waals surface area (Å²) in [6.45, 7) is 4.69. The van der Waals surface area contributed by atoms with Crippen LogP contribution in [0.25, 0.3) is 0 Å². The number of nitrogens with one attached hydrogen (secondary N) is 1. The molecule has 1 heterocycles. The van der Waals surface area contributed by atoms with Crippen LogP contribution >= 0.6 is 0 Å². The van der Waals surface area contributed by atoms with Gasteiger partial charge in [0.05, 0.1) is 6.20 Å². The van der Waals surface area contributed by atoms with Crippen LogP contribution in [0.1, 0.15) is 26.7 Å². The van der Waals surface area contributed by atoms with Gasteiger partial charge in [-0.25, -0.2) is 9.37 Å². The van der Waals surface area contributed by atoms with Crippen molar-refractivity contribution in [3.8, 4) is 0 Å². The molecule has 0 bridgehead atoms. The molecule has 1 aromatic heterocycles. The summed E-state index contributed by atoms with van der Waals surface area (Å²) < 4.78 is 12.6. The molecule has 0 aromatic carbocycles. The number of nitrogens with two attached hydrogens (primary N) is 1. The summed E-state index contributed by atoms with van der Waals surface area (Å²) in [5.74, 6) is 0.486. The number of rotatable bonds is 6. The standard InChI is InChI=1S/C13H20FN3O/c1-9(2)5-10(7-15)6-13(18)17-12-4-3-11(14)8-16-12/h3-4,8-10H,5-7,15H2,1-2H3,(H,16,17,18)/t10-/m0/s1. The Morgan fingerprint density at radius 3 is 2.72 bits per heavy atom. The molecule has 1 rings (SSSR count). The number of hydrogen-bond acceptors (Lipinski definition) is 3. The molecule has 3 N–H and O–H groups in total. The molecule has 1 atom stereocenters. The van der Waals surface area contributed by atoms with Gasteiger partial charge in [0, 0.05) is 6.42 Å². The number of carbonyl (C=O) groups excluding carboxylic acids is 1. The highest BCUT2D eigenvalue weighted by atomic mass is 19.1. The number of amides is 1. The maximum absolute atomic E-state index is 12.6. The number of halogens is 1. The Morgan fingerprint density at radius 1 is 1.50 bits per heavy atom. The average Bonchev–Trinajstić information content (AvgIpc) is 2.30. The second-order valence-electron chi connectivity index (χ2n) is 4.85. The fraction of sp³-hybridized carbons (Fsp3) is 0.538. The first-order chi connectivity index (χ1) is 8.51. The fourth-order valence-electron chi connectivity index (χ4n) is 1.84. The van der Waals surface area contributed by atoms with Crippen LogP contribution in [0.15, 0.2) is 18.3 Å². The molecule has 1 aromatic rings. The number of pyridine rings is 1. The third-order valence-electron chi connectivity index (χ3n) is 2.61. The van der Waals surface area contributed by atoms with Crippen molar-refractivity contribution in [1.29, 1.82) is 0 Å². The molecule has 100 valence electrons. The molecule has 0 saturated heterocycles. The highest BCUT2D eigenvalue weighted by Crippen LogP contribution is 2.15. The lowest BCUT2D eigenvalue weighted by molar-refractivity contribution is -0.117. The van der Waals surface area contributed by atoms with Crippen molar-refractivity contribution in [2.75, 3.05) is 11.9 Å². The van der Waals surface area contributed by atoms with Gasteiger partial charge in [0.15, 0.2) is 0 Å². The van der Waals surface area contributed by atoms with Gasteiger partial charge in [-0.05, 0) is 36.9 Å². The van der Waals surface area contributed by atoms with E-state index in [2.05, 4.69) is 24.1 Å². The minimum atomic E-state index is -0.423. The van der Waals surface area contributed by atoms with Crippen LogP contribution in [-0.4, -0.2) is 17.4 Å². The van der Waals surface area contributed by atoms with E-state index in [0.717, 1.165) is 12.6 Å². The van der Waals surface area contributed by atoms with E-state index in [1.165, 1.54) is 12.1 Å². The van der Waals surface area contributed by atoms with Crippen molar-refractivity contribution in [2.45, 2.75) is 26.7 Å². The number of carbonyl (C=O) groups is 1. The zero-order valence-corrected chi connectivity index (χ0v) is 10.8. The van der Waals surface area contributed by atoms with Gasteiger partial charge in [0.25, 0.3) is 0 Å². The number of anilines is 1. The Kier molecular flexibility index (Phi) is 5.71. The van der Waals surface area contributed by atoms with Crippen LogP contribution in [0, 0.1) is 17.7 Å². The average molecular weight is 253 g/mol. The lowest BCUT2D eigenvalue weighted by atomic mass is 9.94. The van der Waals surface area contributed by atoms with Crippen LogP contribution in [0.3, 0.4) is 0 Å². The number of hydrogen-bond donors (Lipinski definition) is 2. The SMILES string of the molecule is CC(C)C[C@H](CN)CC(=O)Nc1ccc(F)cn1. The molecule has 0 aliphatic carbocycles. The summed E-state index contributed by atoms with van der Waals surface area (Å²) in [6.07, 6.45) is 2.36. The summed E-state index contributed by atoms with van der Waals surface area (Å²) in [6, 6.07) is 2.70. The summed E-state index contributed by atoms with van der Waals surface area (Å²) in [5.41, 5.74) is 5.64. The van der Waals surface area contributed by atoms with Crippen LogP contribution < -0.4 is 11.1 Å². The van der Waals surface area contributed by atoms with Gasteiger partial charge < -0.3 is 11.1 Å². The minimum Gasteiger partial charge on any atom is -0.330 e. The van der Waals surface area contributed by atoms with E-state index in [4.69, 9.17) is 5.73 Å². The van der Waals surface area contributed by atoms with Crippen molar-refractivity contribution >= 4 is 11.7 Å². The van der Waals surface area contributed by atoms with E-state index < -0.39 is 5.82 Å². The topological polar surface area (TPSA) is 68.0 Å². The van der Waals surface area contributed by atoms with Crippen molar-refractivity contribution in [3.05, 3.63) is 24.1 Å². The molecule has 5 heteroatoms. The molecule has 0 aliphatic heterocycles. The van der Waals surface area contributed by atoms with E-state index in [0.29, 0.717) is 24.7 Å². The van der Waals surface area contributed by atoms with E-state index in [1.54, 1.807) is 0 Å². The predicted octanol–water partition coefficient (Wildman–Crippen LogP) is 2.17. The molecule has 0 aliphatic rings. The zero-order chi connectivity index (χ0) is 13.5. The minimum absolute atomic E-state index is 0.134. The highest BCUT2D eigenvalue weighted by molar-refractivity contribution is 5.89. The van der Waals surface area contributed by atoms with E-state index in [9.17, 15) is 9.18 Å². The van der Waals surface area contributed by atoms with Gasteiger partial charge in [0.1, 0.15) is 11.6 Å². The Morgan fingerprint density at radius 2 is 2.22 bits per heavy atom. The molecule has 0 radical (unpaired) electrons. The predicted molar refractivity (Wildman–Crippen MR) is 69.4 cm³/mol. The summed E-state index contributed by atoms with van der Waals surface area (Å²) >= 11 is 0. The van der Waals surface area contributed by atoms with Gasteiger partial charge in [-0.2, -0.15) is 0 Å². The maximum Gasteiger partial charge on any atom is 0.225 e. The second-order valence-corrected chi connectivity index (χ2v) is 4.85. The molecule has 18 heavy (non-hydrogen) atoms. The van der Waals surface area contributed by atoms with Crippen LogP contribution in [-0.2, 0) is 4.79 Å². The molecular formula is C13H20FN3O. The van der Waals surface area contributed by atoms with Gasteiger partial charge in [0.2, 0.25) is 5.91 Å². The van der Waals surface area contributed by atoms with Crippen molar-refractivity contribution in [1.82, 2.24) is 4.98 Å². The maximum atomic E-state index is 12.6. The molecule has 0 spiro atoms. The van der Waals surface area contributed by atoms with E-state index in [1.807, 2.05) is 0 Å². The zero-order valence-electron chi connectivity index (χ0n) is 10.8. The molecular weight excluding hydrogens is 233 g/mol. The van der Waals surface area contributed by atoms with Gasteiger partial charge in [-0.15, -0.1) is 0 Å². The fourth-order valence-corrected chi connectivity index (χ4v) is 1.84. The first-order valence-corrected chi connectivity index (χ1v) is 6.12. The quantitative estimate of drug-likeness (QED) is 0.816. The van der Waals surface area contributed by atoms with Gasteiger partial charge in [-0.3, -0.25) is 4.79 Å². The number of aromatic nitrogens is 1. The normalized spacial score (nSPS) is 12.5. The van der Waals surface area contributed by atoms with Gasteiger partial charge in [-0.1, -0.05) is 13.8 Å². The van der Waals surface area contributed by atoms with Crippen molar-refractivity contribution in [2.24, 2.45) is 17.6 Å². The smallest absolute Gasteiger partial charge is 0.225 e. The monoisotopic (exact) mass is 253 g/mol. The number of nitrogens with zero attached hydrogens (tertiary/aromatic N) is 1. The summed E-state index contributed by atoms with van der Waals surface area (Å²) in [5, 5.41) is 2.63. The molecule has 0 unspecified atom stereocenters. The Labute approximate surface area is 107 Å². The third-order valence-corrected chi connectivity index (χ3v) is 2.61. The van der Waals surface area contributed by atoms with E-state index >= 15 is 0 Å². The first kappa shape index (κ1) is 14.6.